The summed E-state index contributed by atoms with van der Waals surface area (Å²) < 4.78 is 40.4. The maximum Gasteiger partial charge on any atom is 0.416 e. The van der Waals surface area contributed by atoms with Gasteiger partial charge in [0.15, 0.2) is 0 Å². The third-order valence-corrected chi connectivity index (χ3v) is 5.58. The van der Waals surface area contributed by atoms with E-state index < -0.39 is 11.7 Å². The van der Waals surface area contributed by atoms with Crippen molar-refractivity contribution in [1.82, 2.24) is 14.7 Å². The molecule has 2 heterocycles. The van der Waals surface area contributed by atoms with Crippen LogP contribution in [0, 0.1) is 0 Å². The van der Waals surface area contributed by atoms with Crippen LogP contribution in [0.5, 0.6) is 0 Å². The summed E-state index contributed by atoms with van der Waals surface area (Å²) in [5.74, 6) is 0. The normalized spacial score (nSPS) is 14.4. The number of rotatable bonds is 3. The van der Waals surface area contributed by atoms with Crippen LogP contribution < -0.4 is 0 Å². The number of halogens is 4. The van der Waals surface area contributed by atoms with E-state index in [0.29, 0.717) is 46.1 Å². The molecule has 0 fully saturated rings. The number of alkyl halides is 3. The maximum absolute atomic E-state index is 13.0. The first-order valence-corrected chi connectivity index (χ1v) is 9.91. The van der Waals surface area contributed by atoms with Crippen LogP contribution in [0.25, 0.3) is 22.4 Å². The Labute approximate surface area is 176 Å². The number of carbonyl (C=O) groups is 1. The fourth-order valence-electron chi connectivity index (χ4n) is 3.74. The molecule has 0 N–H and O–H groups in total. The lowest BCUT2D eigenvalue weighted by Gasteiger charge is -2.30. The highest BCUT2D eigenvalue weighted by Crippen LogP contribution is 2.40. The van der Waals surface area contributed by atoms with Crippen LogP contribution in [-0.2, 0) is 12.6 Å². The Morgan fingerprint density at radius 3 is 2.33 bits per heavy atom. The molecule has 1 amide bonds. The Balaban J connectivity index is 1.92. The van der Waals surface area contributed by atoms with E-state index in [1.165, 1.54) is 16.8 Å². The van der Waals surface area contributed by atoms with E-state index in [4.69, 9.17) is 11.6 Å². The number of carbonyl (C=O) groups excluding carboxylic acids is 1. The number of hydrogen-bond donors (Lipinski definition) is 0. The molecule has 1 aliphatic heterocycles. The van der Waals surface area contributed by atoms with Crippen molar-refractivity contribution < 1.29 is 18.0 Å². The van der Waals surface area contributed by atoms with E-state index >= 15 is 0 Å². The first-order chi connectivity index (χ1) is 14.2. The van der Waals surface area contributed by atoms with Gasteiger partial charge in [-0.1, -0.05) is 41.9 Å². The van der Waals surface area contributed by atoms with Gasteiger partial charge in [0.25, 0.3) is 0 Å². The summed E-state index contributed by atoms with van der Waals surface area (Å²) >= 11 is 6.39. The van der Waals surface area contributed by atoms with Gasteiger partial charge < -0.3 is 4.90 Å². The zero-order valence-corrected chi connectivity index (χ0v) is 17.1. The Morgan fingerprint density at radius 1 is 1.07 bits per heavy atom. The zero-order valence-electron chi connectivity index (χ0n) is 16.4. The fraction of sp³-hybridized carbons (Fsp3) is 0.273. The minimum Gasteiger partial charge on any atom is -0.320 e. The van der Waals surface area contributed by atoms with E-state index in [1.54, 1.807) is 29.2 Å². The smallest absolute Gasteiger partial charge is 0.320 e. The Morgan fingerprint density at radius 2 is 1.73 bits per heavy atom. The first kappa shape index (κ1) is 20.5. The van der Waals surface area contributed by atoms with Crippen LogP contribution in [-0.4, -0.2) is 33.3 Å². The summed E-state index contributed by atoms with van der Waals surface area (Å²) in [5, 5.41) is 5.01. The average Bonchev–Trinajstić information content (AvgIpc) is 3.08. The van der Waals surface area contributed by atoms with Crippen molar-refractivity contribution in [3.8, 4) is 22.4 Å². The molecule has 0 bridgehead atoms. The SMILES string of the molecule is CC(C)N1CCc2c(-c3ccc(C(F)(F)F)cc3)c(-c3ccccc3Cl)nn2C1=O. The van der Waals surface area contributed by atoms with Crippen LogP contribution in [0.3, 0.4) is 0 Å². The third kappa shape index (κ3) is 3.47. The second kappa shape index (κ2) is 7.47. The summed E-state index contributed by atoms with van der Waals surface area (Å²) in [7, 11) is 0. The molecule has 0 radical (unpaired) electrons. The van der Waals surface area contributed by atoms with Gasteiger partial charge in [-0.2, -0.15) is 23.0 Å². The highest BCUT2D eigenvalue weighted by atomic mass is 35.5. The van der Waals surface area contributed by atoms with Crippen LogP contribution in [0.15, 0.2) is 48.5 Å². The molecule has 1 aromatic heterocycles. The molecule has 4 rings (SSSR count). The predicted octanol–water partition coefficient (Wildman–Crippen LogP) is 6.12. The lowest BCUT2D eigenvalue weighted by molar-refractivity contribution is -0.137. The average molecular weight is 434 g/mol. The molecule has 0 saturated carbocycles. The number of aromatic nitrogens is 2. The largest absolute Gasteiger partial charge is 0.416 e. The zero-order chi connectivity index (χ0) is 21.6. The monoisotopic (exact) mass is 433 g/mol. The van der Waals surface area contributed by atoms with Gasteiger partial charge in [-0.15, -0.1) is 0 Å². The molecule has 1 aliphatic rings. The second-order valence-electron chi connectivity index (χ2n) is 7.46. The number of nitrogens with zero attached hydrogens (tertiary/aromatic N) is 3. The summed E-state index contributed by atoms with van der Waals surface area (Å²) in [6, 6.07) is 11.8. The van der Waals surface area contributed by atoms with Crippen molar-refractivity contribution in [2.45, 2.75) is 32.5 Å². The van der Waals surface area contributed by atoms with Crippen molar-refractivity contribution in [3.63, 3.8) is 0 Å². The molecule has 4 nitrogen and oxygen atoms in total. The highest BCUT2D eigenvalue weighted by Gasteiger charge is 2.33. The maximum atomic E-state index is 13.0. The topological polar surface area (TPSA) is 38.1 Å². The summed E-state index contributed by atoms with van der Waals surface area (Å²) in [6.45, 7) is 4.37. The molecule has 8 heteroatoms. The molecule has 0 aliphatic carbocycles. The van der Waals surface area contributed by atoms with Crippen molar-refractivity contribution in [2.75, 3.05) is 6.54 Å². The number of amides is 1. The minimum absolute atomic E-state index is 0.00753. The van der Waals surface area contributed by atoms with E-state index in [9.17, 15) is 18.0 Å². The molecular weight excluding hydrogens is 415 g/mol. The second-order valence-corrected chi connectivity index (χ2v) is 7.86. The lowest BCUT2D eigenvalue weighted by atomic mass is 9.96. The van der Waals surface area contributed by atoms with E-state index in [-0.39, 0.29) is 12.1 Å². The molecule has 0 unspecified atom stereocenters. The predicted molar refractivity (Wildman–Crippen MR) is 109 cm³/mol. The van der Waals surface area contributed by atoms with Gasteiger partial charge >= 0.3 is 12.2 Å². The van der Waals surface area contributed by atoms with Crippen molar-refractivity contribution in [2.24, 2.45) is 0 Å². The number of benzene rings is 2. The quantitative estimate of drug-likeness (QED) is 0.498. The summed E-state index contributed by atoms with van der Waals surface area (Å²) in [4.78, 5) is 14.7. The van der Waals surface area contributed by atoms with E-state index in [1.807, 2.05) is 13.8 Å². The van der Waals surface area contributed by atoms with Gasteiger partial charge in [-0.3, -0.25) is 0 Å². The molecule has 0 atom stereocenters. The Kier molecular flexibility index (Phi) is 5.10. The van der Waals surface area contributed by atoms with Gasteiger partial charge in [-0.05, 0) is 37.6 Å². The first-order valence-electron chi connectivity index (χ1n) is 9.54. The highest BCUT2D eigenvalue weighted by molar-refractivity contribution is 6.33. The standard InChI is InChI=1S/C22H19ClF3N3O/c1-13(2)28-12-11-18-19(14-7-9-15(10-8-14)22(24,25)26)20(27-29(18)21(28)30)16-5-3-4-6-17(16)23/h3-10,13H,11-12H2,1-2H3. The Bertz CT molecular complexity index is 1100. The molecular formula is C22H19ClF3N3O. The number of hydrogen-bond acceptors (Lipinski definition) is 2. The molecule has 2 aromatic carbocycles. The minimum atomic E-state index is -4.42. The third-order valence-electron chi connectivity index (χ3n) is 5.25. The summed E-state index contributed by atoms with van der Waals surface area (Å²) in [5.41, 5.74) is 2.24. The molecule has 30 heavy (non-hydrogen) atoms. The van der Waals surface area contributed by atoms with Crippen LogP contribution >= 0.6 is 11.6 Å². The van der Waals surface area contributed by atoms with Gasteiger partial charge in [0.2, 0.25) is 0 Å². The molecule has 0 spiro atoms. The molecule has 3 aromatic rings. The lowest BCUT2D eigenvalue weighted by Crippen LogP contribution is -2.45. The van der Waals surface area contributed by atoms with Crippen LogP contribution in [0.1, 0.15) is 25.1 Å². The van der Waals surface area contributed by atoms with Crippen LogP contribution in [0.2, 0.25) is 5.02 Å². The molecule has 0 saturated heterocycles. The van der Waals surface area contributed by atoms with Crippen molar-refractivity contribution in [1.29, 1.82) is 0 Å². The van der Waals surface area contributed by atoms with Crippen LogP contribution in [0.4, 0.5) is 18.0 Å². The van der Waals surface area contributed by atoms with Crippen molar-refractivity contribution in [3.05, 3.63) is 64.8 Å². The number of fused-ring (bicyclic) bond motifs is 1. The fourth-order valence-corrected chi connectivity index (χ4v) is 3.96. The van der Waals surface area contributed by atoms with Gasteiger partial charge in [-0.25, -0.2) is 4.79 Å². The molecule has 156 valence electrons. The van der Waals surface area contributed by atoms with Gasteiger partial charge in [0.05, 0.1) is 16.3 Å². The summed E-state index contributed by atoms with van der Waals surface area (Å²) in [6.07, 6.45) is -3.88. The van der Waals surface area contributed by atoms with Gasteiger partial charge in [0, 0.05) is 30.1 Å². The van der Waals surface area contributed by atoms with Crippen molar-refractivity contribution >= 4 is 17.6 Å². The van der Waals surface area contributed by atoms with E-state index in [2.05, 4.69) is 5.10 Å². The van der Waals surface area contributed by atoms with E-state index in [0.717, 1.165) is 12.1 Å². The Hall–Kier alpha value is -2.80. The van der Waals surface area contributed by atoms with Gasteiger partial charge in [0.1, 0.15) is 5.69 Å².